The van der Waals surface area contributed by atoms with Gasteiger partial charge in [0.1, 0.15) is 17.6 Å². The first kappa shape index (κ1) is 17.5. The molecule has 2 unspecified atom stereocenters. The Balaban J connectivity index is 1.35. The first-order valence-corrected chi connectivity index (χ1v) is 9.08. The van der Waals surface area contributed by atoms with Crippen LogP contribution in [0, 0.1) is 6.92 Å². The molecule has 27 heavy (non-hydrogen) atoms. The van der Waals surface area contributed by atoms with E-state index in [4.69, 9.17) is 4.42 Å². The van der Waals surface area contributed by atoms with Crippen LogP contribution in [-0.4, -0.2) is 21.7 Å². The molecule has 2 aromatic heterocycles. The number of benzene rings is 1. The van der Waals surface area contributed by atoms with Crippen LogP contribution in [-0.2, 0) is 17.9 Å². The van der Waals surface area contributed by atoms with Crippen molar-refractivity contribution in [2.75, 3.05) is 0 Å². The predicted octanol–water partition coefficient (Wildman–Crippen LogP) is 2.06. The highest BCUT2D eigenvalue weighted by Gasteiger charge is 2.31. The Morgan fingerprint density at radius 1 is 1.22 bits per heavy atom. The molecule has 0 spiro atoms. The summed E-state index contributed by atoms with van der Waals surface area (Å²) in [5, 5.41) is 7.29. The van der Waals surface area contributed by atoms with E-state index in [-0.39, 0.29) is 18.0 Å². The fourth-order valence-corrected chi connectivity index (χ4v) is 3.31. The van der Waals surface area contributed by atoms with Gasteiger partial charge in [-0.15, -0.1) is 0 Å². The third kappa shape index (κ3) is 4.10. The molecular weight excluding hydrogens is 342 g/mol. The molecule has 1 saturated heterocycles. The molecule has 7 heteroatoms. The van der Waals surface area contributed by atoms with Gasteiger partial charge in [-0.3, -0.25) is 9.48 Å². The zero-order valence-corrected chi connectivity index (χ0v) is 15.2. The molecule has 1 fully saturated rings. The SMILES string of the molecule is Cc1ccc(C2CC(C(=O)NCc3ccccc3Cn3cccn3)NN2)o1. The number of carbonyl (C=O) groups excluding carboxylic acids is 1. The summed E-state index contributed by atoms with van der Waals surface area (Å²) in [6.45, 7) is 3.08. The van der Waals surface area contributed by atoms with Crippen LogP contribution < -0.4 is 16.2 Å². The van der Waals surface area contributed by atoms with Crippen LogP contribution in [0.15, 0.2) is 59.3 Å². The molecule has 7 nitrogen and oxygen atoms in total. The summed E-state index contributed by atoms with van der Waals surface area (Å²) < 4.78 is 7.52. The zero-order valence-electron chi connectivity index (χ0n) is 15.2. The summed E-state index contributed by atoms with van der Waals surface area (Å²) >= 11 is 0. The number of hydrogen-bond acceptors (Lipinski definition) is 5. The van der Waals surface area contributed by atoms with Crippen molar-refractivity contribution >= 4 is 5.91 Å². The number of aromatic nitrogens is 2. The van der Waals surface area contributed by atoms with Gasteiger partial charge < -0.3 is 9.73 Å². The second kappa shape index (κ2) is 7.77. The molecule has 140 valence electrons. The summed E-state index contributed by atoms with van der Waals surface area (Å²) in [5.74, 6) is 1.69. The number of amides is 1. The lowest BCUT2D eigenvalue weighted by Crippen LogP contribution is -2.43. The van der Waals surface area contributed by atoms with Crippen molar-refractivity contribution < 1.29 is 9.21 Å². The lowest BCUT2D eigenvalue weighted by Gasteiger charge is -2.13. The maximum absolute atomic E-state index is 12.6. The van der Waals surface area contributed by atoms with Crippen molar-refractivity contribution in [2.45, 2.75) is 38.5 Å². The molecule has 1 amide bonds. The summed E-state index contributed by atoms with van der Waals surface area (Å²) in [4.78, 5) is 12.6. The van der Waals surface area contributed by atoms with Crippen LogP contribution in [0.3, 0.4) is 0 Å². The van der Waals surface area contributed by atoms with E-state index < -0.39 is 0 Å². The van der Waals surface area contributed by atoms with Gasteiger partial charge in [-0.2, -0.15) is 5.10 Å². The summed E-state index contributed by atoms with van der Waals surface area (Å²) in [7, 11) is 0. The van der Waals surface area contributed by atoms with E-state index in [2.05, 4.69) is 27.3 Å². The number of hydrogen-bond donors (Lipinski definition) is 3. The van der Waals surface area contributed by atoms with Crippen LogP contribution >= 0.6 is 0 Å². The van der Waals surface area contributed by atoms with Crippen LogP contribution in [0.2, 0.25) is 0 Å². The molecule has 0 aliphatic carbocycles. The molecule has 2 atom stereocenters. The quantitative estimate of drug-likeness (QED) is 0.623. The molecule has 1 aliphatic heterocycles. The second-order valence-electron chi connectivity index (χ2n) is 6.77. The average molecular weight is 365 g/mol. The van der Waals surface area contributed by atoms with Crippen molar-refractivity contribution in [3.05, 3.63) is 77.5 Å². The maximum atomic E-state index is 12.6. The molecule has 3 heterocycles. The van der Waals surface area contributed by atoms with Gasteiger partial charge in [0.05, 0.1) is 12.6 Å². The molecule has 3 aromatic rings. The van der Waals surface area contributed by atoms with Crippen molar-refractivity contribution in [1.29, 1.82) is 0 Å². The predicted molar refractivity (Wildman–Crippen MR) is 100 cm³/mol. The summed E-state index contributed by atoms with van der Waals surface area (Å²) in [6.07, 6.45) is 4.34. The van der Waals surface area contributed by atoms with Gasteiger partial charge in [0.2, 0.25) is 5.91 Å². The van der Waals surface area contributed by atoms with Gasteiger partial charge in [-0.25, -0.2) is 10.9 Å². The van der Waals surface area contributed by atoms with E-state index >= 15 is 0 Å². The minimum absolute atomic E-state index is 0.00144. The van der Waals surface area contributed by atoms with E-state index in [1.54, 1.807) is 6.20 Å². The average Bonchev–Trinajstić information content (AvgIpc) is 3.42. The maximum Gasteiger partial charge on any atom is 0.238 e. The third-order valence-corrected chi connectivity index (χ3v) is 4.79. The summed E-state index contributed by atoms with van der Waals surface area (Å²) in [6, 6.07) is 13.6. The fourth-order valence-electron chi connectivity index (χ4n) is 3.31. The zero-order chi connectivity index (χ0) is 18.6. The lowest BCUT2D eigenvalue weighted by molar-refractivity contribution is -0.123. The van der Waals surface area contributed by atoms with Crippen molar-refractivity contribution in [3.8, 4) is 0 Å². The van der Waals surface area contributed by atoms with Crippen molar-refractivity contribution in [3.63, 3.8) is 0 Å². The normalized spacial score (nSPS) is 19.3. The standard InChI is InChI=1S/C20H23N5O2/c1-14-7-8-19(27-14)17-11-18(24-23-17)20(26)21-12-15-5-2-3-6-16(15)13-25-10-4-9-22-25/h2-10,17-18,23-24H,11-13H2,1H3,(H,21,26). The van der Waals surface area contributed by atoms with Gasteiger partial charge in [-0.05, 0) is 42.7 Å². The number of nitrogens with one attached hydrogen (secondary N) is 3. The van der Waals surface area contributed by atoms with Crippen LogP contribution in [0.5, 0.6) is 0 Å². The number of hydrazine groups is 1. The molecule has 1 aliphatic rings. The summed E-state index contributed by atoms with van der Waals surface area (Å²) in [5.41, 5.74) is 8.44. The number of nitrogens with zero attached hydrogens (tertiary/aromatic N) is 2. The molecule has 0 saturated carbocycles. The Morgan fingerprint density at radius 2 is 2.07 bits per heavy atom. The Kier molecular flexibility index (Phi) is 5.04. The van der Waals surface area contributed by atoms with Gasteiger partial charge in [-0.1, -0.05) is 24.3 Å². The van der Waals surface area contributed by atoms with E-state index in [1.807, 2.05) is 54.2 Å². The largest absolute Gasteiger partial charge is 0.465 e. The van der Waals surface area contributed by atoms with E-state index in [9.17, 15) is 4.79 Å². The first-order chi connectivity index (χ1) is 13.2. The second-order valence-corrected chi connectivity index (χ2v) is 6.77. The molecule has 0 bridgehead atoms. The number of aryl methyl sites for hydroxylation is 1. The van der Waals surface area contributed by atoms with Crippen molar-refractivity contribution in [2.24, 2.45) is 0 Å². The van der Waals surface area contributed by atoms with Gasteiger partial charge in [0.25, 0.3) is 0 Å². The fraction of sp³-hybridized carbons (Fsp3) is 0.300. The highest BCUT2D eigenvalue weighted by molar-refractivity contribution is 5.82. The van der Waals surface area contributed by atoms with E-state index in [0.29, 0.717) is 19.5 Å². The van der Waals surface area contributed by atoms with E-state index in [0.717, 1.165) is 22.6 Å². The van der Waals surface area contributed by atoms with E-state index in [1.165, 1.54) is 0 Å². The number of rotatable bonds is 6. The van der Waals surface area contributed by atoms with Crippen LogP contribution in [0.1, 0.15) is 35.1 Å². The highest BCUT2D eigenvalue weighted by Crippen LogP contribution is 2.24. The smallest absolute Gasteiger partial charge is 0.238 e. The van der Waals surface area contributed by atoms with Gasteiger partial charge in [0, 0.05) is 18.9 Å². The number of furan rings is 1. The van der Waals surface area contributed by atoms with Gasteiger partial charge in [0.15, 0.2) is 0 Å². The molecular formula is C20H23N5O2. The number of carbonyl (C=O) groups is 1. The topological polar surface area (TPSA) is 84.1 Å². The first-order valence-electron chi connectivity index (χ1n) is 9.08. The molecule has 0 radical (unpaired) electrons. The lowest BCUT2D eigenvalue weighted by atomic mass is 10.1. The minimum atomic E-state index is -0.293. The molecule has 1 aromatic carbocycles. The minimum Gasteiger partial charge on any atom is -0.465 e. The monoisotopic (exact) mass is 365 g/mol. The molecule has 3 N–H and O–H groups in total. The van der Waals surface area contributed by atoms with Gasteiger partial charge >= 0.3 is 0 Å². The third-order valence-electron chi connectivity index (χ3n) is 4.79. The highest BCUT2D eigenvalue weighted by atomic mass is 16.3. The van der Waals surface area contributed by atoms with Crippen molar-refractivity contribution in [1.82, 2.24) is 25.9 Å². The Bertz CT molecular complexity index is 903. The Hall–Kier alpha value is -2.90. The Labute approximate surface area is 157 Å². The van der Waals surface area contributed by atoms with Crippen LogP contribution in [0.4, 0.5) is 0 Å². The molecule has 4 rings (SSSR count). The van der Waals surface area contributed by atoms with Crippen LogP contribution in [0.25, 0.3) is 0 Å². The Morgan fingerprint density at radius 3 is 2.81 bits per heavy atom.